The lowest BCUT2D eigenvalue weighted by Gasteiger charge is -2.32. The van der Waals surface area contributed by atoms with E-state index >= 15 is 0 Å². The van der Waals surface area contributed by atoms with Gasteiger partial charge in [-0.25, -0.2) is 4.99 Å². The second-order valence-electron chi connectivity index (χ2n) is 8.84. The van der Waals surface area contributed by atoms with Gasteiger partial charge in [0.2, 0.25) is 5.78 Å². The minimum Gasteiger partial charge on any atom is -0.380 e. The first-order chi connectivity index (χ1) is 17.1. The molecule has 180 valence electrons. The molecule has 1 aliphatic carbocycles. The Morgan fingerprint density at radius 3 is 2.80 bits per heavy atom. The predicted octanol–water partition coefficient (Wildman–Crippen LogP) is 3.71. The van der Waals surface area contributed by atoms with E-state index in [-0.39, 0.29) is 11.6 Å². The van der Waals surface area contributed by atoms with Crippen LogP contribution in [0.1, 0.15) is 28.0 Å². The van der Waals surface area contributed by atoms with Gasteiger partial charge in [-0.3, -0.25) is 19.7 Å². The molecule has 0 spiro atoms. The second kappa shape index (κ2) is 12.1. The molecule has 1 aromatic carbocycles. The molecule has 7 nitrogen and oxygen atoms in total. The van der Waals surface area contributed by atoms with Gasteiger partial charge in [-0.1, -0.05) is 36.4 Å². The molecule has 0 unspecified atom stereocenters. The normalized spacial score (nSPS) is 18.5. The van der Waals surface area contributed by atoms with Gasteiger partial charge in [0.05, 0.1) is 5.69 Å². The van der Waals surface area contributed by atoms with Crippen LogP contribution in [-0.2, 0) is 13.0 Å². The van der Waals surface area contributed by atoms with Crippen molar-refractivity contribution in [3.05, 3.63) is 95.5 Å². The lowest BCUT2D eigenvalue weighted by molar-refractivity contribution is 0.106. The molecule has 0 bridgehead atoms. The van der Waals surface area contributed by atoms with E-state index in [9.17, 15) is 4.79 Å². The van der Waals surface area contributed by atoms with Gasteiger partial charge in [0.15, 0.2) is 5.84 Å². The van der Waals surface area contributed by atoms with Crippen molar-refractivity contribution in [3.63, 3.8) is 0 Å². The molecule has 35 heavy (non-hydrogen) atoms. The number of carbonyl (C=O) groups is 1. The topological polar surface area (TPSA) is 87.2 Å². The molecule has 1 fully saturated rings. The van der Waals surface area contributed by atoms with Gasteiger partial charge in [0, 0.05) is 69.0 Å². The maximum atomic E-state index is 12.9. The number of hydrogen-bond donors (Lipinski definition) is 1. The van der Waals surface area contributed by atoms with Crippen LogP contribution in [0.2, 0.25) is 0 Å². The van der Waals surface area contributed by atoms with Gasteiger partial charge in [-0.15, -0.1) is 0 Å². The summed E-state index contributed by atoms with van der Waals surface area (Å²) in [5.74, 6) is -0.342. The highest BCUT2D eigenvalue weighted by molar-refractivity contribution is 6.45. The zero-order valence-corrected chi connectivity index (χ0v) is 20.2. The Morgan fingerprint density at radius 1 is 1.14 bits per heavy atom. The summed E-state index contributed by atoms with van der Waals surface area (Å²) in [6.45, 7) is 5.11. The number of carbonyl (C=O) groups excluding carboxylic acids is 1. The quantitative estimate of drug-likeness (QED) is 0.363. The van der Waals surface area contributed by atoms with Crippen LogP contribution in [0.15, 0.2) is 88.7 Å². The summed E-state index contributed by atoms with van der Waals surface area (Å²) in [7, 11) is 2.15. The molecule has 2 aromatic rings. The molecule has 0 atom stereocenters. The highest BCUT2D eigenvalue weighted by Gasteiger charge is 2.15. The summed E-state index contributed by atoms with van der Waals surface area (Å²) < 4.78 is 0. The fourth-order valence-corrected chi connectivity index (χ4v) is 3.98. The Hall–Kier alpha value is -3.68. The third-order valence-corrected chi connectivity index (χ3v) is 6.03. The van der Waals surface area contributed by atoms with E-state index in [0.717, 1.165) is 56.0 Å². The molecular formula is C28H32N6O. The minimum absolute atomic E-state index is 0.0329. The molecule has 1 aliphatic heterocycles. The van der Waals surface area contributed by atoms with E-state index in [1.54, 1.807) is 24.5 Å². The number of allylic oxidation sites excluding steroid dienone is 5. The van der Waals surface area contributed by atoms with Crippen molar-refractivity contribution in [3.8, 4) is 0 Å². The van der Waals surface area contributed by atoms with E-state index in [1.165, 1.54) is 0 Å². The number of benzene rings is 1. The molecule has 0 amide bonds. The van der Waals surface area contributed by atoms with Gasteiger partial charge in [0.25, 0.3) is 0 Å². The first kappa shape index (κ1) is 24.4. The number of Topliss-reactive ketones (excluding diaryl/α,β-unsaturated/α-hetero) is 1. The number of aromatic nitrogens is 1. The number of piperazine rings is 1. The van der Waals surface area contributed by atoms with E-state index in [0.29, 0.717) is 17.7 Å². The molecule has 7 heteroatoms. The number of pyridine rings is 1. The Labute approximate surface area is 207 Å². The molecule has 2 N–H and O–H groups in total. The van der Waals surface area contributed by atoms with Gasteiger partial charge < -0.3 is 10.6 Å². The molecule has 1 aromatic heterocycles. The van der Waals surface area contributed by atoms with E-state index in [1.807, 2.05) is 42.6 Å². The summed E-state index contributed by atoms with van der Waals surface area (Å²) in [6.07, 6.45) is 14.8. The summed E-state index contributed by atoms with van der Waals surface area (Å²) in [4.78, 5) is 30.8. The Kier molecular flexibility index (Phi) is 8.48. The third kappa shape index (κ3) is 7.40. The lowest BCUT2D eigenvalue weighted by atomic mass is 10.1. The molecule has 2 heterocycles. The summed E-state index contributed by atoms with van der Waals surface area (Å²) >= 11 is 0. The number of likely N-dealkylation sites (N-methyl/N-ethyl adjacent to an activating group) is 1. The van der Waals surface area contributed by atoms with Crippen LogP contribution in [0, 0.1) is 0 Å². The Bertz CT molecular complexity index is 1190. The van der Waals surface area contributed by atoms with Crippen molar-refractivity contribution in [2.45, 2.75) is 19.4 Å². The van der Waals surface area contributed by atoms with Gasteiger partial charge >= 0.3 is 0 Å². The van der Waals surface area contributed by atoms with Crippen LogP contribution < -0.4 is 5.73 Å². The van der Waals surface area contributed by atoms with E-state index in [4.69, 9.17) is 5.73 Å². The smallest absolute Gasteiger partial charge is 0.227 e. The molecule has 0 radical (unpaired) electrons. The largest absolute Gasteiger partial charge is 0.380 e. The van der Waals surface area contributed by atoms with Crippen molar-refractivity contribution >= 4 is 23.5 Å². The highest BCUT2D eigenvalue weighted by Crippen LogP contribution is 2.17. The molecule has 0 saturated carbocycles. The number of rotatable bonds is 8. The Morgan fingerprint density at radius 2 is 2.00 bits per heavy atom. The maximum absolute atomic E-state index is 12.9. The van der Waals surface area contributed by atoms with Gasteiger partial charge in [-0.05, 0) is 48.9 Å². The fraction of sp³-hybridized carbons (Fsp3) is 0.286. The average molecular weight is 469 g/mol. The summed E-state index contributed by atoms with van der Waals surface area (Å²) in [5.41, 5.74) is 10.3. The average Bonchev–Trinajstić information content (AvgIpc) is 2.88. The van der Waals surface area contributed by atoms with Crippen LogP contribution >= 0.6 is 0 Å². The van der Waals surface area contributed by atoms with Gasteiger partial charge in [0.1, 0.15) is 0 Å². The number of nitrogens with zero attached hydrogens (tertiary/aromatic N) is 5. The number of hydrogen-bond acceptors (Lipinski definition) is 6. The number of amidine groups is 1. The maximum Gasteiger partial charge on any atom is 0.227 e. The second-order valence-corrected chi connectivity index (χ2v) is 8.84. The zero-order valence-electron chi connectivity index (χ0n) is 20.2. The van der Waals surface area contributed by atoms with Crippen molar-refractivity contribution in [1.82, 2.24) is 14.8 Å². The van der Waals surface area contributed by atoms with Gasteiger partial charge in [-0.2, -0.15) is 0 Å². The van der Waals surface area contributed by atoms with E-state index < -0.39 is 0 Å². The van der Waals surface area contributed by atoms with Crippen LogP contribution in [0.25, 0.3) is 0 Å². The summed E-state index contributed by atoms with van der Waals surface area (Å²) in [6, 6.07) is 11.3. The van der Waals surface area contributed by atoms with Crippen LogP contribution in [0.4, 0.5) is 5.69 Å². The molecule has 4 rings (SSSR count). The number of aliphatic imine (C=N–C) groups is 2. The van der Waals surface area contributed by atoms with Crippen molar-refractivity contribution in [1.29, 1.82) is 0 Å². The number of nitrogens with two attached hydrogens (primary N) is 1. The first-order valence-electron chi connectivity index (χ1n) is 11.9. The van der Waals surface area contributed by atoms with Crippen molar-refractivity contribution < 1.29 is 4.79 Å². The lowest BCUT2D eigenvalue weighted by Crippen LogP contribution is -2.43. The first-order valence-corrected chi connectivity index (χ1v) is 11.9. The highest BCUT2D eigenvalue weighted by atomic mass is 16.1. The summed E-state index contributed by atoms with van der Waals surface area (Å²) in [5, 5.41) is 0. The standard InChI is InChI=1S/C28H32N6O/c1-33-14-16-34(17-15-33)21-23-8-5-9-26(18-23)32-28(29)27(35)24-10-13-31-25(19-24)11-12-30-20-22-6-3-2-4-7-22/h2-6,8-10,12-13,18-20H,7,11,14-17,21H2,1H3,(H2,29,32)/b22-20-,30-12-. The monoisotopic (exact) mass is 468 g/mol. The predicted molar refractivity (Wildman–Crippen MR) is 142 cm³/mol. The molecule has 1 saturated heterocycles. The SMILES string of the molecule is CN1CCN(Cc2cccc(/N=C(\N)C(=O)c3ccnc(C/C=N\C=C4\C=CC=CC4)c3)c2)CC1. The minimum atomic E-state index is -0.309. The third-order valence-electron chi connectivity index (χ3n) is 6.03. The van der Waals surface area contributed by atoms with Crippen LogP contribution in [-0.4, -0.2) is 65.8 Å². The zero-order chi connectivity index (χ0) is 24.5. The number of ketones is 1. The van der Waals surface area contributed by atoms with Crippen LogP contribution in [0.3, 0.4) is 0 Å². The Balaban J connectivity index is 1.38. The van der Waals surface area contributed by atoms with Crippen molar-refractivity contribution in [2.24, 2.45) is 15.7 Å². The van der Waals surface area contributed by atoms with Crippen molar-refractivity contribution in [2.75, 3.05) is 33.2 Å². The van der Waals surface area contributed by atoms with E-state index in [2.05, 4.69) is 44.0 Å². The molecular weight excluding hydrogens is 436 g/mol. The fourth-order valence-electron chi connectivity index (χ4n) is 3.98. The molecule has 2 aliphatic rings. The van der Waals surface area contributed by atoms with Crippen LogP contribution in [0.5, 0.6) is 0 Å².